The summed E-state index contributed by atoms with van der Waals surface area (Å²) in [6, 6.07) is 2.06. The summed E-state index contributed by atoms with van der Waals surface area (Å²) in [7, 11) is 0. The highest BCUT2D eigenvalue weighted by atomic mass is 79.9. The first kappa shape index (κ1) is 13.2. The van der Waals surface area contributed by atoms with E-state index in [2.05, 4.69) is 15.9 Å². The second-order valence-electron chi connectivity index (χ2n) is 5.32. The number of ether oxygens (including phenoxy) is 1. The van der Waals surface area contributed by atoms with E-state index in [1.165, 1.54) is 12.8 Å². The summed E-state index contributed by atoms with van der Waals surface area (Å²) < 4.78 is 11.9. The monoisotopic (exact) mass is 327 g/mol. The molecule has 104 valence electrons. The molecule has 2 fully saturated rings. The lowest BCUT2D eigenvalue weighted by Gasteiger charge is -2.43. The van der Waals surface area contributed by atoms with E-state index in [0.29, 0.717) is 23.6 Å². The zero-order valence-electron chi connectivity index (χ0n) is 11.0. The molecule has 3 rings (SSSR count). The summed E-state index contributed by atoms with van der Waals surface area (Å²) in [5.41, 5.74) is 0.885. The Morgan fingerprint density at radius 1 is 1.42 bits per heavy atom. The van der Waals surface area contributed by atoms with Gasteiger partial charge in [0.1, 0.15) is 0 Å². The first-order chi connectivity index (χ1) is 9.16. The van der Waals surface area contributed by atoms with Gasteiger partial charge in [-0.3, -0.25) is 4.79 Å². The van der Waals surface area contributed by atoms with Gasteiger partial charge in [-0.05, 0) is 41.8 Å². The molecule has 0 N–H and O–H groups in total. The van der Waals surface area contributed by atoms with Crippen LogP contribution < -0.4 is 0 Å². The fourth-order valence-corrected chi connectivity index (χ4v) is 3.64. The van der Waals surface area contributed by atoms with E-state index in [-0.39, 0.29) is 18.1 Å². The van der Waals surface area contributed by atoms with Gasteiger partial charge in [0, 0.05) is 12.1 Å². The Balaban J connectivity index is 1.83. The topological polar surface area (TPSA) is 42.7 Å². The van der Waals surface area contributed by atoms with Crippen molar-refractivity contribution >= 4 is 21.8 Å². The standard InChI is InChI=1S/C14H18BrNO3/c1-9-8-12(15)19-13(9)14(17)16-6-7-18-11-5-3-2-4-10(11)16/h8,10-11H,2-7H2,1H3/t10-,11-/m1/s1. The molecule has 1 aromatic heterocycles. The molecule has 1 aliphatic carbocycles. The fourth-order valence-electron chi connectivity index (χ4n) is 3.13. The third-order valence-corrected chi connectivity index (χ3v) is 4.47. The van der Waals surface area contributed by atoms with E-state index in [0.717, 1.165) is 18.4 Å². The average Bonchev–Trinajstić information content (AvgIpc) is 2.76. The Morgan fingerprint density at radius 2 is 2.21 bits per heavy atom. The van der Waals surface area contributed by atoms with Gasteiger partial charge in [0.05, 0.1) is 18.8 Å². The van der Waals surface area contributed by atoms with E-state index >= 15 is 0 Å². The van der Waals surface area contributed by atoms with Crippen LogP contribution in [-0.4, -0.2) is 36.1 Å². The van der Waals surface area contributed by atoms with Gasteiger partial charge >= 0.3 is 0 Å². The fraction of sp³-hybridized carbons (Fsp3) is 0.643. The number of furan rings is 1. The number of nitrogens with zero attached hydrogens (tertiary/aromatic N) is 1. The molecule has 2 atom stereocenters. The zero-order chi connectivity index (χ0) is 13.4. The third kappa shape index (κ3) is 2.46. The summed E-state index contributed by atoms with van der Waals surface area (Å²) in [4.78, 5) is 14.6. The van der Waals surface area contributed by atoms with Crippen LogP contribution in [0.3, 0.4) is 0 Å². The van der Waals surface area contributed by atoms with Crippen molar-refractivity contribution in [2.24, 2.45) is 0 Å². The Labute approximate surface area is 121 Å². The average molecular weight is 328 g/mol. The van der Waals surface area contributed by atoms with Crippen LogP contribution in [-0.2, 0) is 4.74 Å². The number of aryl methyl sites for hydroxylation is 1. The number of fused-ring (bicyclic) bond motifs is 1. The van der Waals surface area contributed by atoms with Gasteiger partial charge in [0.15, 0.2) is 10.4 Å². The molecule has 1 amide bonds. The largest absolute Gasteiger partial charge is 0.444 e. The zero-order valence-corrected chi connectivity index (χ0v) is 12.6. The molecule has 1 saturated heterocycles. The number of rotatable bonds is 1. The predicted molar refractivity (Wildman–Crippen MR) is 74.2 cm³/mol. The molecule has 4 nitrogen and oxygen atoms in total. The molecule has 1 aromatic rings. The molecular formula is C14H18BrNO3. The molecule has 5 heteroatoms. The minimum atomic E-state index is 0.00315. The van der Waals surface area contributed by atoms with Crippen LogP contribution in [0.5, 0.6) is 0 Å². The van der Waals surface area contributed by atoms with Crippen molar-refractivity contribution < 1.29 is 13.9 Å². The molecule has 0 radical (unpaired) electrons. The van der Waals surface area contributed by atoms with E-state index in [1.54, 1.807) is 0 Å². The number of amides is 1. The highest BCUT2D eigenvalue weighted by molar-refractivity contribution is 9.10. The van der Waals surface area contributed by atoms with Crippen LogP contribution in [0.1, 0.15) is 41.8 Å². The summed E-state index contributed by atoms with van der Waals surface area (Å²) in [5.74, 6) is 0.460. The van der Waals surface area contributed by atoms with Crippen molar-refractivity contribution in [3.05, 3.63) is 22.1 Å². The van der Waals surface area contributed by atoms with Crippen LogP contribution in [0.25, 0.3) is 0 Å². The van der Waals surface area contributed by atoms with Crippen molar-refractivity contribution in [1.82, 2.24) is 4.90 Å². The van der Waals surface area contributed by atoms with Crippen molar-refractivity contribution in [2.75, 3.05) is 13.2 Å². The molecule has 0 bridgehead atoms. The molecule has 0 unspecified atom stereocenters. The summed E-state index contributed by atoms with van der Waals surface area (Å²) in [6.07, 6.45) is 4.70. The number of carbonyl (C=O) groups is 1. The lowest BCUT2D eigenvalue weighted by Crippen LogP contribution is -2.54. The smallest absolute Gasteiger partial charge is 0.290 e. The van der Waals surface area contributed by atoms with Crippen molar-refractivity contribution in [1.29, 1.82) is 0 Å². The number of morpholine rings is 1. The highest BCUT2D eigenvalue weighted by Gasteiger charge is 2.38. The van der Waals surface area contributed by atoms with E-state index < -0.39 is 0 Å². The predicted octanol–water partition coefficient (Wildman–Crippen LogP) is 3.13. The number of carbonyl (C=O) groups excluding carboxylic acids is 1. The number of hydrogen-bond donors (Lipinski definition) is 0. The normalized spacial score (nSPS) is 27.2. The molecule has 2 heterocycles. The maximum absolute atomic E-state index is 12.6. The quantitative estimate of drug-likeness (QED) is 0.795. The Kier molecular flexibility index (Phi) is 3.67. The van der Waals surface area contributed by atoms with Gasteiger partial charge in [-0.25, -0.2) is 0 Å². The lowest BCUT2D eigenvalue weighted by molar-refractivity contribution is -0.0760. The molecule has 19 heavy (non-hydrogen) atoms. The second kappa shape index (κ2) is 5.29. The van der Waals surface area contributed by atoms with E-state index in [1.807, 2.05) is 17.9 Å². The molecule has 1 aliphatic heterocycles. The molecular weight excluding hydrogens is 310 g/mol. The molecule has 1 saturated carbocycles. The molecule has 0 aromatic carbocycles. The maximum atomic E-state index is 12.6. The first-order valence-corrected chi connectivity index (χ1v) is 7.64. The van der Waals surface area contributed by atoms with Gasteiger partial charge in [-0.1, -0.05) is 12.8 Å². The van der Waals surface area contributed by atoms with E-state index in [4.69, 9.17) is 9.15 Å². The Hall–Kier alpha value is -0.810. The third-order valence-electron chi connectivity index (χ3n) is 4.07. The van der Waals surface area contributed by atoms with Gasteiger partial charge < -0.3 is 14.1 Å². The van der Waals surface area contributed by atoms with Crippen molar-refractivity contribution in [3.8, 4) is 0 Å². The van der Waals surface area contributed by atoms with Gasteiger partial charge in [-0.15, -0.1) is 0 Å². The van der Waals surface area contributed by atoms with Crippen LogP contribution in [0.2, 0.25) is 0 Å². The molecule has 2 aliphatic rings. The van der Waals surface area contributed by atoms with Crippen molar-refractivity contribution in [3.63, 3.8) is 0 Å². The molecule has 0 spiro atoms. The number of hydrogen-bond acceptors (Lipinski definition) is 3. The SMILES string of the molecule is Cc1cc(Br)oc1C(=O)N1CCO[C@@H]2CCCC[C@H]21. The van der Waals surface area contributed by atoms with Crippen LogP contribution in [0.4, 0.5) is 0 Å². The highest BCUT2D eigenvalue weighted by Crippen LogP contribution is 2.30. The second-order valence-corrected chi connectivity index (χ2v) is 6.10. The van der Waals surface area contributed by atoms with Gasteiger partial charge in [0.25, 0.3) is 5.91 Å². The van der Waals surface area contributed by atoms with E-state index in [9.17, 15) is 4.79 Å². The van der Waals surface area contributed by atoms with Gasteiger partial charge in [0.2, 0.25) is 0 Å². The van der Waals surface area contributed by atoms with Crippen LogP contribution >= 0.6 is 15.9 Å². The Bertz CT molecular complexity index is 483. The van der Waals surface area contributed by atoms with Crippen LogP contribution in [0, 0.1) is 6.92 Å². The first-order valence-electron chi connectivity index (χ1n) is 6.85. The summed E-state index contributed by atoms with van der Waals surface area (Å²) in [6.45, 7) is 3.20. The lowest BCUT2D eigenvalue weighted by atomic mass is 9.90. The summed E-state index contributed by atoms with van der Waals surface area (Å²) in [5, 5.41) is 0. The van der Waals surface area contributed by atoms with Crippen molar-refractivity contribution in [2.45, 2.75) is 44.8 Å². The summed E-state index contributed by atoms with van der Waals surface area (Å²) >= 11 is 3.28. The minimum Gasteiger partial charge on any atom is -0.444 e. The Morgan fingerprint density at radius 3 is 2.95 bits per heavy atom. The van der Waals surface area contributed by atoms with Gasteiger partial charge in [-0.2, -0.15) is 0 Å². The maximum Gasteiger partial charge on any atom is 0.290 e. The minimum absolute atomic E-state index is 0.00315. The number of halogens is 1. The van der Waals surface area contributed by atoms with Crippen LogP contribution in [0.15, 0.2) is 15.2 Å².